The largest absolute Gasteiger partial charge is 0.351 e. The maximum atomic E-state index is 5.66. The van der Waals surface area contributed by atoms with Crippen LogP contribution in [0.1, 0.15) is 18.9 Å². The lowest BCUT2D eigenvalue weighted by Crippen LogP contribution is -2.16. The number of aliphatic imine (C=N–C) groups is 2. The van der Waals surface area contributed by atoms with Crippen LogP contribution in [0.2, 0.25) is 0 Å². The minimum atomic E-state index is -0.0669. The van der Waals surface area contributed by atoms with Crippen molar-refractivity contribution in [3.05, 3.63) is 35.9 Å². The maximum absolute atomic E-state index is 5.66. The van der Waals surface area contributed by atoms with E-state index < -0.39 is 0 Å². The van der Waals surface area contributed by atoms with Crippen molar-refractivity contribution in [3.8, 4) is 0 Å². The van der Waals surface area contributed by atoms with Crippen LogP contribution >= 0.6 is 0 Å². The zero-order valence-corrected chi connectivity index (χ0v) is 8.76. The van der Waals surface area contributed by atoms with E-state index in [1.807, 2.05) is 43.5 Å². The molecule has 3 nitrogen and oxygen atoms in total. The third-order valence-electron chi connectivity index (χ3n) is 2.20. The zero-order valence-electron chi connectivity index (χ0n) is 8.76. The first-order chi connectivity index (χ1) is 7.34. The number of hydrogen-bond acceptors (Lipinski definition) is 3. The van der Waals surface area contributed by atoms with Gasteiger partial charge in [-0.25, -0.2) is 9.98 Å². The summed E-state index contributed by atoms with van der Waals surface area (Å²) in [6.07, 6.45) is 2.56. The van der Waals surface area contributed by atoms with Gasteiger partial charge in [-0.1, -0.05) is 30.3 Å². The van der Waals surface area contributed by atoms with Crippen LogP contribution in [0.25, 0.3) is 0 Å². The molecule has 2 rings (SSSR count). The number of amidine groups is 1. The molecule has 0 spiro atoms. The van der Waals surface area contributed by atoms with Crippen molar-refractivity contribution in [3.63, 3.8) is 0 Å². The van der Waals surface area contributed by atoms with Gasteiger partial charge in [0.2, 0.25) is 0 Å². The minimum Gasteiger partial charge on any atom is -0.351 e. The molecule has 0 N–H and O–H groups in total. The highest BCUT2D eigenvalue weighted by Gasteiger charge is 2.09. The number of benzene rings is 1. The van der Waals surface area contributed by atoms with Crippen molar-refractivity contribution >= 4 is 12.1 Å². The quantitative estimate of drug-likeness (QED) is 0.741. The Bertz CT molecular complexity index is 370. The lowest BCUT2D eigenvalue weighted by atomic mass is 10.2. The van der Waals surface area contributed by atoms with Gasteiger partial charge in [-0.3, -0.25) is 0 Å². The van der Waals surface area contributed by atoms with Crippen molar-refractivity contribution in [1.29, 1.82) is 0 Å². The van der Waals surface area contributed by atoms with Crippen LogP contribution in [0.3, 0.4) is 0 Å². The molecule has 1 unspecified atom stereocenters. The molecule has 0 aliphatic carbocycles. The molecule has 1 aromatic carbocycles. The topological polar surface area (TPSA) is 34.0 Å². The van der Waals surface area contributed by atoms with Crippen LogP contribution < -0.4 is 0 Å². The molecule has 78 valence electrons. The van der Waals surface area contributed by atoms with E-state index in [4.69, 9.17) is 4.74 Å². The normalized spacial score (nSPS) is 20.1. The smallest absolute Gasteiger partial charge is 0.155 e. The molecule has 3 heteroatoms. The van der Waals surface area contributed by atoms with E-state index in [-0.39, 0.29) is 6.23 Å². The molecule has 0 amide bonds. The molecule has 1 atom stereocenters. The first-order valence-electron chi connectivity index (χ1n) is 5.07. The Labute approximate surface area is 89.5 Å². The molecule has 0 radical (unpaired) electrons. The van der Waals surface area contributed by atoms with Gasteiger partial charge in [-0.2, -0.15) is 0 Å². The van der Waals surface area contributed by atoms with E-state index in [1.165, 1.54) is 5.56 Å². The van der Waals surface area contributed by atoms with Gasteiger partial charge in [0.25, 0.3) is 0 Å². The lowest BCUT2D eigenvalue weighted by molar-refractivity contribution is 0.0514. The zero-order chi connectivity index (χ0) is 10.5. The molecule has 1 aliphatic heterocycles. The Morgan fingerprint density at radius 2 is 2.13 bits per heavy atom. The third-order valence-corrected chi connectivity index (χ3v) is 2.20. The van der Waals surface area contributed by atoms with E-state index in [9.17, 15) is 0 Å². The molecule has 0 bridgehead atoms. The summed E-state index contributed by atoms with van der Waals surface area (Å²) in [6, 6.07) is 10.1. The van der Waals surface area contributed by atoms with Crippen LogP contribution in [-0.2, 0) is 11.3 Å². The van der Waals surface area contributed by atoms with Crippen molar-refractivity contribution in [2.24, 2.45) is 9.98 Å². The molecule has 0 saturated carbocycles. The maximum Gasteiger partial charge on any atom is 0.155 e. The van der Waals surface area contributed by atoms with Crippen LogP contribution in [0, 0.1) is 0 Å². The fraction of sp³-hybridized carbons (Fsp3) is 0.333. The van der Waals surface area contributed by atoms with Gasteiger partial charge < -0.3 is 4.74 Å². The van der Waals surface area contributed by atoms with Gasteiger partial charge in [0.05, 0.1) is 6.61 Å². The minimum absolute atomic E-state index is 0.0669. The van der Waals surface area contributed by atoms with E-state index in [0.29, 0.717) is 6.61 Å². The lowest BCUT2D eigenvalue weighted by Gasteiger charge is -2.14. The summed E-state index contributed by atoms with van der Waals surface area (Å²) in [7, 11) is 0. The molecule has 0 aromatic heterocycles. The fourth-order valence-electron chi connectivity index (χ4n) is 1.44. The van der Waals surface area contributed by atoms with E-state index in [1.54, 1.807) is 0 Å². The van der Waals surface area contributed by atoms with E-state index in [2.05, 4.69) is 9.98 Å². The van der Waals surface area contributed by atoms with Gasteiger partial charge in [-0.05, 0) is 12.5 Å². The molecular formula is C12H14N2O. The average Bonchev–Trinajstić information content (AvgIpc) is 2.28. The number of hydrogen-bond donors (Lipinski definition) is 0. The molecule has 1 aliphatic rings. The second kappa shape index (κ2) is 4.84. The van der Waals surface area contributed by atoms with Crippen LogP contribution in [0.5, 0.6) is 0 Å². The van der Waals surface area contributed by atoms with E-state index >= 15 is 0 Å². The van der Waals surface area contributed by atoms with Crippen molar-refractivity contribution in [2.45, 2.75) is 26.2 Å². The second-order valence-corrected chi connectivity index (χ2v) is 3.47. The summed E-state index contributed by atoms with van der Waals surface area (Å²) >= 11 is 0. The van der Waals surface area contributed by atoms with Gasteiger partial charge in [0.15, 0.2) is 6.23 Å². The molecule has 1 heterocycles. The summed E-state index contributed by atoms with van der Waals surface area (Å²) in [5.41, 5.74) is 1.17. The van der Waals surface area contributed by atoms with E-state index in [0.717, 1.165) is 12.3 Å². The molecule has 15 heavy (non-hydrogen) atoms. The summed E-state index contributed by atoms with van der Waals surface area (Å²) in [5.74, 6) is 0.791. The van der Waals surface area contributed by atoms with Crippen LogP contribution in [0.4, 0.5) is 0 Å². The number of rotatable bonds is 3. The van der Waals surface area contributed by atoms with Crippen LogP contribution in [-0.4, -0.2) is 18.3 Å². The Balaban J connectivity index is 1.87. The van der Waals surface area contributed by atoms with Crippen molar-refractivity contribution < 1.29 is 4.74 Å². The fourth-order valence-corrected chi connectivity index (χ4v) is 1.44. The standard InChI is InChI=1S/C12H14N2O/c1-10-13-8-7-12(14-10)15-9-11-5-3-2-4-6-11/h2-6,8,12H,7,9H2,1H3. The number of nitrogens with zero attached hydrogens (tertiary/aromatic N) is 2. The third kappa shape index (κ3) is 2.99. The Hall–Kier alpha value is -1.48. The molecule has 0 saturated heterocycles. The number of ether oxygens (including phenoxy) is 1. The van der Waals surface area contributed by atoms with Crippen LogP contribution in [0.15, 0.2) is 40.3 Å². The monoisotopic (exact) mass is 202 g/mol. The predicted molar refractivity (Wildman–Crippen MR) is 61.2 cm³/mol. The summed E-state index contributed by atoms with van der Waals surface area (Å²) in [4.78, 5) is 8.37. The Morgan fingerprint density at radius 3 is 2.87 bits per heavy atom. The summed E-state index contributed by atoms with van der Waals surface area (Å²) < 4.78 is 5.66. The highest BCUT2D eigenvalue weighted by Crippen LogP contribution is 2.09. The van der Waals surface area contributed by atoms with Gasteiger partial charge >= 0.3 is 0 Å². The molecular weight excluding hydrogens is 188 g/mol. The predicted octanol–water partition coefficient (Wildman–Crippen LogP) is 2.42. The van der Waals surface area contributed by atoms with Crippen molar-refractivity contribution in [2.75, 3.05) is 0 Å². The Morgan fingerprint density at radius 1 is 1.33 bits per heavy atom. The molecule has 0 fully saturated rings. The van der Waals surface area contributed by atoms with Gasteiger partial charge in [0, 0.05) is 12.6 Å². The first kappa shape index (κ1) is 10.1. The highest BCUT2D eigenvalue weighted by atomic mass is 16.5. The average molecular weight is 202 g/mol. The summed E-state index contributed by atoms with van der Waals surface area (Å²) in [5, 5.41) is 0. The Kier molecular flexibility index (Phi) is 3.25. The highest BCUT2D eigenvalue weighted by molar-refractivity contribution is 5.89. The first-order valence-corrected chi connectivity index (χ1v) is 5.07. The SMILES string of the molecule is CC1=NC(OCc2ccccc2)CC=N1. The van der Waals surface area contributed by atoms with Gasteiger partial charge in [-0.15, -0.1) is 0 Å². The molecule has 1 aromatic rings. The second-order valence-electron chi connectivity index (χ2n) is 3.47. The van der Waals surface area contributed by atoms with Crippen molar-refractivity contribution in [1.82, 2.24) is 0 Å². The van der Waals surface area contributed by atoms with Gasteiger partial charge in [0.1, 0.15) is 5.84 Å². The summed E-state index contributed by atoms with van der Waals surface area (Å²) in [6.45, 7) is 2.49.